The van der Waals surface area contributed by atoms with Gasteiger partial charge in [0, 0.05) is 17.9 Å². The highest BCUT2D eigenvalue weighted by Gasteiger charge is 2.51. The van der Waals surface area contributed by atoms with Crippen molar-refractivity contribution < 1.29 is 19.3 Å². The van der Waals surface area contributed by atoms with Gasteiger partial charge in [0.1, 0.15) is 17.1 Å². The zero-order chi connectivity index (χ0) is 15.7. The summed E-state index contributed by atoms with van der Waals surface area (Å²) in [4.78, 5) is 24.6. The highest BCUT2D eigenvalue weighted by molar-refractivity contribution is 8.00. The van der Waals surface area contributed by atoms with E-state index in [-0.39, 0.29) is 17.0 Å². The zero-order valence-corrected chi connectivity index (χ0v) is 12.6. The molecule has 1 aromatic rings. The van der Waals surface area contributed by atoms with Crippen LogP contribution in [0.15, 0.2) is 54.0 Å². The molecule has 3 N–H and O–H groups in total. The summed E-state index contributed by atoms with van der Waals surface area (Å²) in [6, 6.07) is 5.19. The smallest absolute Gasteiger partial charge is 0.352 e. The van der Waals surface area contributed by atoms with Crippen molar-refractivity contribution in [1.82, 2.24) is 4.90 Å². The fraction of sp³-hybridized carbons (Fsp3) is 0.267. The van der Waals surface area contributed by atoms with Gasteiger partial charge in [-0.1, -0.05) is 12.1 Å². The molecule has 2 aliphatic rings. The van der Waals surface area contributed by atoms with Crippen LogP contribution in [0.3, 0.4) is 0 Å². The molecule has 0 bridgehead atoms. The summed E-state index contributed by atoms with van der Waals surface area (Å²) in [6.07, 6.45) is 7.54. The van der Waals surface area contributed by atoms with Gasteiger partial charge >= 0.3 is 5.97 Å². The number of hydrogen-bond acceptors (Lipinski definition) is 4. The van der Waals surface area contributed by atoms with Crippen LogP contribution in [0.4, 0.5) is 0 Å². The lowest BCUT2D eigenvalue weighted by molar-refractivity contribution is -0.687. The van der Waals surface area contributed by atoms with Gasteiger partial charge < -0.3 is 10.8 Å². The largest absolute Gasteiger partial charge is 0.477 e. The first-order valence-corrected chi connectivity index (χ1v) is 7.92. The van der Waals surface area contributed by atoms with Crippen LogP contribution in [-0.2, 0) is 16.1 Å². The molecule has 0 saturated carbocycles. The highest BCUT2D eigenvalue weighted by atomic mass is 32.2. The number of pyridine rings is 1. The average molecular weight is 318 g/mol. The summed E-state index contributed by atoms with van der Waals surface area (Å²) in [5, 5.41) is 9.16. The van der Waals surface area contributed by atoms with Crippen LogP contribution in [0.2, 0.25) is 0 Å². The Morgan fingerprint density at radius 1 is 1.45 bits per heavy atom. The van der Waals surface area contributed by atoms with E-state index in [2.05, 4.69) is 0 Å². The first kappa shape index (κ1) is 14.8. The third kappa shape index (κ3) is 2.53. The number of rotatable bonds is 4. The van der Waals surface area contributed by atoms with E-state index in [0.29, 0.717) is 17.9 Å². The normalized spacial score (nSPS) is 24.4. The van der Waals surface area contributed by atoms with Crippen molar-refractivity contribution in [3.63, 3.8) is 0 Å². The van der Waals surface area contributed by atoms with Crippen LogP contribution in [0.5, 0.6) is 0 Å². The van der Waals surface area contributed by atoms with Crippen molar-refractivity contribution in [1.29, 1.82) is 0 Å². The Labute approximate surface area is 131 Å². The second kappa shape index (κ2) is 5.94. The minimum absolute atomic E-state index is 0.0600. The van der Waals surface area contributed by atoms with Crippen molar-refractivity contribution in [2.75, 3.05) is 5.75 Å². The lowest BCUT2D eigenvalue weighted by Gasteiger charge is -2.47. The first-order valence-electron chi connectivity index (χ1n) is 6.87. The van der Waals surface area contributed by atoms with Gasteiger partial charge in [-0.3, -0.25) is 9.69 Å². The van der Waals surface area contributed by atoms with Crippen LogP contribution in [-0.4, -0.2) is 39.1 Å². The summed E-state index contributed by atoms with van der Waals surface area (Å²) < 4.78 is 1.97. The predicted molar refractivity (Wildman–Crippen MR) is 81.5 cm³/mol. The van der Waals surface area contributed by atoms with Gasteiger partial charge in [-0.15, -0.1) is 11.8 Å². The minimum atomic E-state index is -1.09. The molecule has 6 nitrogen and oxygen atoms in total. The van der Waals surface area contributed by atoms with E-state index in [9.17, 15) is 14.7 Å². The maximum Gasteiger partial charge on any atom is 0.352 e. The van der Waals surface area contributed by atoms with Crippen molar-refractivity contribution in [3.8, 4) is 0 Å². The van der Waals surface area contributed by atoms with Crippen molar-refractivity contribution in [2.45, 2.75) is 18.0 Å². The van der Waals surface area contributed by atoms with E-state index in [0.717, 1.165) is 0 Å². The molecule has 1 amide bonds. The summed E-state index contributed by atoms with van der Waals surface area (Å²) >= 11 is 1.50. The van der Waals surface area contributed by atoms with E-state index in [1.807, 2.05) is 41.2 Å². The Morgan fingerprint density at radius 3 is 2.86 bits per heavy atom. The zero-order valence-electron chi connectivity index (χ0n) is 11.8. The van der Waals surface area contributed by atoms with Crippen LogP contribution >= 0.6 is 11.8 Å². The summed E-state index contributed by atoms with van der Waals surface area (Å²) in [7, 11) is 0. The minimum Gasteiger partial charge on any atom is -0.477 e. The Balaban J connectivity index is 1.81. The Hall–Kier alpha value is -2.12. The molecule has 0 radical (unpaired) electrons. The molecule has 114 valence electrons. The van der Waals surface area contributed by atoms with Gasteiger partial charge in [0.05, 0.1) is 0 Å². The molecule has 1 aromatic heterocycles. The van der Waals surface area contributed by atoms with Gasteiger partial charge in [-0.25, -0.2) is 9.36 Å². The number of hydrogen-bond donors (Lipinski definition) is 2. The first-order chi connectivity index (χ1) is 10.6. The monoisotopic (exact) mass is 318 g/mol. The number of fused-ring (bicyclic) bond motifs is 1. The quantitative estimate of drug-likeness (QED) is 0.608. The molecule has 0 unspecified atom stereocenters. The van der Waals surface area contributed by atoms with Gasteiger partial charge in [-0.05, 0) is 11.6 Å². The second-order valence-corrected chi connectivity index (χ2v) is 6.19. The number of nitrogens with zero attached hydrogens (tertiary/aromatic N) is 2. The van der Waals surface area contributed by atoms with Gasteiger partial charge in [-0.2, -0.15) is 0 Å². The topological polar surface area (TPSA) is 87.5 Å². The molecule has 0 spiro atoms. The van der Waals surface area contributed by atoms with Crippen LogP contribution in [0, 0.1) is 0 Å². The molecular formula is C15H16N3O3S+. The Bertz CT molecular complexity index is 672. The molecule has 2 atom stereocenters. The number of allylic oxidation sites excluding steroid dienone is 2. The molecule has 2 aliphatic heterocycles. The van der Waals surface area contributed by atoms with Crippen LogP contribution in [0.25, 0.3) is 0 Å². The highest BCUT2D eigenvalue weighted by Crippen LogP contribution is 2.39. The van der Waals surface area contributed by atoms with Gasteiger partial charge in [0.2, 0.25) is 5.91 Å². The number of carbonyl (C=O) groups excluding carboxylic acids is 1. The van der Waals surface area contributed by atoms with Gasteiger partial charge in [0.15, 0.2) is 18.9 Å². The third-order valence-electron chi connectivity index (χ3n) is 3.65. The number of aliphatic carboxylic acids is 1. The van der Waals surface area contributed by atoms with Crippen LogP contribution < -0.4 is 10.3 Å². The van der Waals surface area contributed by atoms with Crippen molar-refractivity contribution in [2.24, 2.45) is 5.73 Å². The van der Waals surface area contributed by atoms with E-state index in [1.54, 1.807) is 6.08 Å². The number of carbonyl (C=O) groups is 2. The summed E-state index contributed by atoms with van der Waals surface area (Å²) in [6.45, 7) is 0.638. The number of carboxylic acids is 1. The average Bonchev–Trinajstić information content (AvgIpc) is 2.54. The maximum atomic E-state index is 11.8. The maximum absolute atomic E-state index is 11.8. The molecule has 0 aliphatic carbocycles. The van der Waals surface area contributed by atoms with Crippen molar-refractivity contribution >= 4 is 23.6 Å². The number of amides is 1. The lowest BCUT2D eigenvalue weighted by atomic mass is 10.0. The van der Waals surface area contributed by atoms with Gasteiger partial charge in [0.25, 0.3) is 0 Å². The Morgan fingerprint density at radius 2 is 2.18 bits per heavy atom. The molecule has 0 aromatic carbocycles. The molecule has 22 heavy (non-hydrogen) atoms. The lowest BCUT2D eigenvalue weighted by Crippen LogP contribution is -2.68. The van der Waals surface area contributed by atoms with Crippen molar-refractivity contribution in [3.05, 3.63) is 54.0 Å². The van der Waals surface area contributed by atoms with E-state index in [4.69, 9.17) is 5.73 Å². The number of aromatic nitrogens is 1. The molecule has 3 rings (SSSR count). The van der Waals surface area contributed by atoms with E-state index < -0.39 is 12.0 Å². The number of nitrogens with two attached hydrogens (primary N) is 1. The molecular weight excluding hydrogens is 302 g/mol. The van der Waals surface area contributed by atoms with E-state index in [1.165, 1.54) is 16.7 Å². The molecule has 1 saturated heterocycles. The second-order valence-electron chi connectivity index (χ2n) is 5.09. The fourth-order valence-electron chi connectivity index (χ4n) is 2.54. The standard InChI is InChI=1S/C15H15N3O3S/c16-11-13(19)18-12(15(20)21)10(9-22-14(11)18)5-4-8-17-6-2-1-3-7-17/h1-7,11,14H,8-9,16H2/p+1/t11-,14-/m1/s1. The Kier molecular flexibility index (Phi) is 4.00. The SMILES string of the molecule is N[C@@H]1C(=O)N2C(C(=O)O)=C(C=CC[n+]3ccccc3)CS[C@H]12. The summed E-state index contributed by atoms with van der Waals surface area (Å²) in [5.74, 6) is -0.866. The molecule has 1 fully saturated rings. The van der Waals surface area contributed by atoms with E-state index >= 15 is 0 Å². The molecule has 3 heterocycles. The summed E-state index contributed by atoms with van der Waals surface area (Å²) in [5.41, 5.74) is 6.42. The molecule has 7 heteroatoms. The fourth-order valence-corrected chi connectivity index (χ4v) is 3.81. The predicted octanol–water partition coefficient (Wildman–Crippen LogP) is 0.111. The third-order valence-corrected chi connectivity index (χ3v) is 4.98. The number of β-lactam (4-membered cyclic amide) rings is 1. The number of carboxylic acid groups (broad SMARTS) is 1. The van der Waals surface area contributed by atoms with Crippen LogP contribution in [0.1, 0.15) is 0 Å². The number of thioether (sulfide) groups is 1.